The molecule has 0 saturated heterocycles. The van der Waals surface area contributed by atoms with Gasteiger partial charge in [-0.2, -0.15) is 0 Å². The first kappa shape index (κ1) is 19.9. The van der Waals surface area contributed by atoms with Gasteiger partial charge in [-0.3, -0.25) is 0 Å². The number of pyridine rings is 1. The number of ether oxygens (including phenoxy) is 1. The molecule has 0 bridgehead atoms. The fourth-order valence-corrected chi connectivity index (χ4v) is 5.49. The fourth-order valence-electron chi connectivity index (χ4n) is 4.21. The van der Waals surface area contributed by atoms with E-state index in [1.165, 1.54) is 63.0 Å². The van der Waals surface area contributed by atoms with Crippen LogP contribution in [0.4, 0.5) is 0 Å². The molecule has 4 aromatic rings. The molecule has 0 atom stereocenters. The first-order valence-corrected chi connectivity index (χ1v) is 10.7. The number of aromatic nitrogens is 1. The lowest BCUT2D eigenvalue weighted by atomic mass is 9.91. The van der Waals surface area contributed by atoms with Crippen molar-refractivity contribution in [3.63, 3.8) is 0 Å². The number of fused-ring (bicyclic) bond motifs is 3. The van der Waals surface area contributed by atoms with Gasteiger partial charge in [0.05, 0.1) is 12.8 Å². The highest BCUT2D eigenvalue weighted by atomic mass is 35.5. The van der Waals surface area contributed by atoms with Crippen LogP contribution in [0.5, 0.6) is 5.75 Å². The van der Waals surface area contributed by atoms with Gasteiger partial charge in [0.1, 0.15) is 10.6 Å². The van der Waals surface area contributed by atoms with E-state index in [0.29, 0.717) is 0 Å². The minimum atomic E-state index is 0. The van der Waals surface area contributed by atoms with Crippen molar-refractivity contribution < 1.29 is 17.1 Å². The molecule has 29 heavy (non-hydrogen) atoms. The Hall–Kier alpha value is -2.36. The van der Waals surface area contributed by atoms with Crippen molar-refractivity contribution in [2.75, 3.05) is 7.11 Å². The van der Waals surface area contributed by atoms with E-state index < -0.39 is 0 Å². The number of halogens is 1. The van der Waals surface area contributed by atoms with E-state index in [1.807, 2.05) is 23.5 Å². The van der Waals surface area contributed by atoms with E-state index in [4.69, 9.17) is 9.72 Å². The van der Waals surface area contributed by atoms with E-state index in [9.17, 15) is 0 Å². The summed E-state index contributed by atoms with van der Waals surface area (Å²) >= 11 is 1.89. The van der Waals surface area contributed by atoms with Gasteiger partial charge in [-0.25, -0.2) is 4.98 Å². The minimum Gasteiger partial charge on any atom is -1.00 e. The van der Waals surface area contributed by atoms with Crippen molar-refractivity contribution in [3.05, 3.63) is 70.6 Å². The van der Waals surface area contributed by atoms with E-state index in [1.54, 1.807) is 7.11 Å². The molecule has 0 N–H and O–H groups in total. The highest BCUT2D eigenvalue weighted by molar-refractivity contribution is 7.19. The van der Waals surface area contributed by atoms with Gasteiger partial charge in [-0.05, 0) is 79.6 Å². The molecule has 0 aliphatic heterocycles. The third-order valence-electron chi connectivity index (χ3n) is 5.64. The molecule has 1 aliphatic carbocycles. The van der Waals surface area contributed by atoms with Crippen molar-refractivity contribution in [2.24, 2.45) is 0 Å². The molecule has 148 valence electrons. The average molecular weight is 421 g/mol. The number of hydrogen-bond acceptors (Lipinski definition) is 3. The molecular weight excluding hydrogens is 398 g/mol. The summed E-state index contributed by atoms with van der Waals surface area (Å²) in [7, 11) is 1.70. The largest absolute Gasteiger partial charge is 1.00 e. The fraction of sp³-hybridized carbons (Fsp3) is 0.240. The zero-order valence-corrected chi connectivity index (χ0v) is 18.2. The van der Waals surface area contributed by atoms with Gasteiger partial charge < -0.3 is 17.1 Å². The maximum atomic E-state index is 5.32. The van der Waals surface area contributed by atoms with Crippen LogP contribution in [0.15, 0.2) is 54.6 Å². The molecule has 0 unspecified atom stereocenters. The first-order chi connectivity index (χ1) is 13.7. The first-order valence-electron chi connectivity index (χ1n) is 9.90. The Morgan fingerprint density at radius 1 is 0.931 bits per heavy atom. The zero-order valence-electron chi connectivity index (χ0n) is 16.7. The van der Waals surface area contributed by atoms with Crippen molar-refractivity contribution >= 4 is 21.6 Å². The monoisotopic (exact) mass is 420 g/mol. The number of rotatable bonds is 3. The molecule has 4 heteroatoms. The Labute approximate surface area is 182 Å². The summed E-state index contributed by atoms with van der Waals surface area (Å²) in [5.74, 6) is 0.871. The number of thiophene rings is 1. The second-order valence-electron chi connectivity index (χ2n) is 7.54. The Morgan fingerprint density at radius 2 is 1.72 bits per heavy atom. The summed E-state index contributed by atoms with van der Waals surface area (Å²) in [6.07, 6.45) is 4.95. The molecule has 2 nitrogen and oxygen atoms in total. The molecular formula is C25H23ClNOS-. The SMILES string of the molecule is COc1ccc(-c2cc(-c3cccc(C)c3)c3c4c(sc3n2)CCCC4)cc1.[Cl-]. The summed E-state index contributed by atoms with van der Waals surface area (Å²) in [4.78, 5) is 7.81. The molecule has 5 rings (SSSR count). The molecule has 2 aromatic carbocycles. The molecule has 0 saturated carbocycles. The normalized spacial score (nSPS) is 13.0. The van der Waals surface area contributed by atoms with Gasteiger partial charge >= 0.3 is 0 Å². The van der Waals surface area contributed by atoms with Gasteiger partial charge in [-0.15, -0.1) is 11.3 Å². The van der Waals surface area contributed by atoms with Crippen LogP contribution in [0.2, 0.25) is 0 Å². The van der Waals surface area contributed by atoms with Crippen LogP contribution < -0.4 is 17.1 Å². The van der Waals surface area contributed by atoms with Crippen molar-refractivity contribution in [1.82, 2.24) is 4.98 Å². The van der Waals surface area contributed by atoms with Crippen LogP contribution in [-0.4, -0.2) is 12.1 Å². The Bertz CT molecular complexity index is 1160. The predicted octanol–water partition coefficient (Wildman–Crippen LogP) is 3.83. The van der Waals surface area contributed by atoms with Crippen LogP contribution in [0, 0.1) is 6.92 Å². The molecule has 0 radical (unpaired) electrons. The second kappa shape index (κ2) is 8.17. The van der Waals surface area contributed by atoms with Gasteiger partial charge in [0.25, 0.3) is 0 Å². The molecule has 2 heterocycles. The Morgan fingerprint density at radius 3 is 2.48 bits per heavy atom. The number of methoxy groups -OCH3 is 1. The van der Waals surface area contributed by atoms with Crippen molar-refractivity contribution in [1.29, 1.82) is 0 Å². The molecule has 0 amide bonds. The number of benzene rings is 2. The summed E-state index contributed by atoms with van der Waals surface area (Å²) < 4.78 is 5.32. The lowest BCUT2D eigenvalue weighted by Gasteiger charge is -2.14. The van der Waals surface area contributed by atoms with E-state index in [0.717, 1.165) is 17.0 Å². The van der Waals surface area contributed by atoms with Gasteiger partial charge in [0, 0.05) is 15.8 Å². The second-order valence-corrected chi connectivity index (χ2v) is 8.63. The van der Waals surface area contributed by atoms with Crippen LogP contribution in [0.25, 0.3) is 32.6 Å². The van der Waals surface area contributed by atoms with Crippen molar-refractivity contribution in [3.8, 4) is 28.1 Å². The smallest absolute Gasteiger partial charge is 0.125 e. The lowest BCUT2D eigenvalue weighted by molar-refractivity contribution is -0.00000583. The summed E-state index contributed by atoms with van der Waals surface area (Å²) in [6.45, 7) is 2.16. The molecule has 0 fully saturated rings. The molecule has 0 spiro atoms. The standard InChI is InChI=1S/C25H23NOS.ClH/c1-16-6-5-7-18(14-16)21-15-22(17-10-12-19(27-2)13-11-17)26-25-24(21)20-8-3-4-9-23(20)28-25;/h5-7,10-15H,3-4,8-9H2,1-2H3;1H/p-1. The topological polar surface area (TPSA) is 22.1 Å². The Kier molecular flexibility index (Phi) is 5.62. The number of aryl methyl sites for hydroxylation is 3. The molecule has 2 aromatic heterocycles. The summed E-state index contributed by atoms with van der Waals surface area (Å²) in [5.41, 5.74) is 7.59. The Balaban J connectivity index is 0.00000205. The summed E-state index contributed by atoms with van der Waals surface area (Å²) in [6, 6.07) is 19.3. The number of hydrogen-bond donors (Lipinski definition) is 0. The van der Waals surface area contributed by atoms with Crippen LogP contribution in [-0.2, 0) is 12.8 Å². The van der Waals surface area contributed by atoms with Crippen LogP contribution in [0.3, 0.4) is 0 Å². The average Bonchev–Trinajstić information content (AvgIpc) is 3.11. The third-order valence-corrected chi connectivity index (χ3v) is 6.83. The highest BCUT2D eigenvalue weighted by Crippen LogP contribution is 2.42. The maximum Gasteiger partial charge on any atom is 0.125 e. The number of nitrogens with zero attached hydrogens (tertiary/aromatic N) is 1. The van der Waals surface area contributed by atoms with Gasteiger partial charge in [-0.1, -0.05) is 29.8 Å². The highest BCUT2D eigenvalue weighted by Gasteiger charge is 2.21. The van der Waals surface area contributed by atoms with E-state index in [2.05, 4.69) is 49.4 Å². The van der Waals surface area contributed by atoms with Gasteiger partial charge in [0.15, 0.2) is 0 Å². The summed E-state index contributed by atoms with van der Waals surface area (Å²) in [5, 5.41) is 1.38. The van der Waals surface area contributed by atoms with Gasteiger partial charge in [0.2, 0.25) is 0 Å². The maximum absolute atomic E-state index is 5.32. The predicted molar refractivity (Wildman–Crippen MR) is 118 cm³/mol. The lowest BCUT2D eigenvalue weighted by Crippen LogP contribution is -3.00. The third kappa shape index (κ3) is 3.65. The van der Waals surface area contributed by atoms with E-state index >= 15 is 0 Å². The van der Waals surface area contributed by atoms with Crippen LogP contribution in [0.1, 0.15) is 28.8 Å². The van der Waals surface area contributed by atoms with Crippen LogP contribution >= 0.6 is 11.3 Å². The quantitative estimate of drug-likeness (QED) is 0.502. The van der Waals surface area contributed by atoms with E-state index in [-0.39, 0.29) is 12.4 Å². The van der Waals surface area contributed by atoms with Crippen molar-refractivity contribution in [2.45, 2.75) is 32.6 Å². The zero-order chi connectivity index (χ0) is 19.1. The molecule has 1 aliphatic rings. The minimum absolute atomic E-state index is 0.